The number of halogens is 1. The van der Waals surface area contributed by atoms with Gasteiger partial charge in [-0.25, -0.2) is 0 Å². The highest BCUT2D eigenvalue weighted by Crippen LogP contribution is 2.37. The fourth-order valence-electron chi connectivity index (χ4n) is 4.80. The zero-order valence-corrected chi connectivity index (χ0v) is 14.9. The van der Waals surface area contributed by atoms with Crippen molar-refractivity contribution >= 4 is 11.6 Å². The first kappa shape index (κ1) is 17.0. The zero-order valence-electron chi connectivity index (χ0n) is 14.1. The summed E-state index contributed by atoms with van der Waals surface area (Å²) < 4.78 is 6.12. The highest BCUT2D eigenvalue weighted by molar-refractivity contribution is 6.21. The van der Waals surface area contributed by atoms with Crippen LogP contribution in [0.4, 0.5) is 0 Å². The van der Waals surface area contributed by atoms with Crippen molar-refractivity contribution in [2.24, 2.45) is 11.8 Å². The molecular weight excluding hydrogens is 294 g/mol. The molecule has 128 valence electrons. The molecule has 0 radical (unpaired) electrons. The molecule has 2 aliphatic carbocycles. The van der Waals surface area contributed by atoms with Crippen molar-refractivity contribution < 1.29 is 4.74 Å². The lowest BCUT2D eigenvalue weighted by Gasteiger charge is -2.35. The molecule has 1 heterocycles. The van der Waals surface area contributed by atoms with Gasteiger partial charge in [-0.05, 0) is 63.5 Å². The molecule has 3 aliphatic rings. The van der Waals surface area contributed by atoms with Crippen LogP contribution in [-0.2, 0) is 4.74 Å². The quantitative estimate of drug-likeness (QED) is 0.647. The van der Waals surface area contributed by atoms with E-state index in [2.05, 4.69) is 4.90 Å². The van der Waals surface area contributed by atoms with Crippen LogP contribution in [0.1, 0.15) is 70.6 Å². The lowest BCUT2D eigenvalue weighted by molar-refractivity contribution is 0.00975. The maximum atomic E-state index is 6.65. The molecule has 2 nitrogen and oxygen atoms in total. The lowest BCUT2D eigenvalue weighted by Crippen LogP contribution is -2.35. The van der Waals surface area contributed by atoms with E-state index >= 15 is 0 Å². The van der Waals surface area contributed by atoms with E-state index in [1.807, 2.05) is 0 Å². The molecule has 3 atom stereocenters. The number of alkyl halides is 1. The van der Waals surface area contributed by atoms with Gasteiger partial charge in [0.1, 0.15) is 0 Å². The minimum Gasteiger partial charge on any atom is -0.375 e. The second-order valence-corrected chi connectivity index (χ2v) is 8.45. The van der Waals surface area contributed by atoms with Crippen molar-refractivity contribution in [1.29, 1.82) is 0 Å². The normalized spacial score (nSPS) is 35.0. The molecule has 3 rings (SSSR count). The van der Waals surface area contributed by atoms with E-state index in [1.54, 1.807) is 0 Å². The average Bonchev–Trinajstić information content (AvgIpc) is 3.04. The maximum Gasteiger partial charge on any atom is 0.0739 e. The van der Waals surface area contributed by atoms with E-state index in [-0.39, 0.29) is 5.38 Å². The summed E-state index contributed by atoms with van der Waals surface area (Å²) in [5.74, 6) is 1.86. The van der Waals surface area contributed by atoms with Crippen LogP contribution in [0.25, 0.3) is 0 Å². The first-order chi connectivity index (χ1) is 10.8. The van der Waals surface area contributed by atoms with E-state index in [1.165, 1.54) is 83.7 Å². The fourth-order valence-corrected chi connectivity index (χ4v) is 5.26. The third kappa shape index (κ3) is 5.11. The monoisotopic (exact) mass is 327 g/mol. The molecule has 0 bridgehead atoms. The molecule has 0 spiro atoms. The van der Waals surface area contributed by atoms with E-state index in [4.69, 9.17) is 16.3 Å². The molecule has 22 heavy (non-hydrogen) atoms. The number of hydrogen-bond acceptors (Lipinski definition) is 2. The summed E-state index contributed by atoms with van der Waals surface area (Å²) in [5, 5.41) is 0.251. The van der Waals surface area contributed by atoms with Gasteiger partial charge in [0, 0.05) is 6.54 Å². The second kappa shape index (κ2) is 8.89. The Labute approximate surface area is 141 Å². The molecule has 3 heteroatoms. The van der Waals surface area contributed by atoms with Gasteiger partial charge in [-0.2, -0.15) is 0 Å². The van der Waals surface area contributed by atoms with E-state index in [0.717, 1.165) is 25.0 Å². The van der Waals surface area contributed by atoms with Crippen LogP contribution in [-0.4, -0.2) is 42.6 Å². The predicted molar refractivity (Wildman–Crippen MR) is 93.6 cm³/mol. The third-order valence-electron chi connectivity index (χ3n) is 6.15. The molecule has 1 saturated heterocycles. The molecule has 3 fully saturated rings. The van der Waals surface area contributed by atoms with Gasteiger partial charge in [0.15, 0.2) is 0 Å². The molecule has 2 saturated carbocycles. The maximum absolute atomic E-state index is 6.65. The molecule has 0 aromatic rings. The molecule has 0 N–H and O–H groups in total. The van der Waals surface area contributed by atoms with Gasteiger partial charge in [-0.3, -0.25) is 0 Å². The molecule has 0 amide bonds. The molecular formula is C19H34ClNO. The minimum atomic E-state index is 0.251. The fraction of sp³-hybridized carbons (Fsp3) is 1.00. The summed E-state index contributed by atoms with van der Waals surface area (Å²) in [6.07, 6.45) is 15.5. The van der Waals surface area contributed by atoms with Gasteiger partial charge >= 0.3 is 0 Å². The largest absolute Gasteiger partial charge is 0.375 e. The van der Waals surface area contributed by atoms with Crippen molar-refractivity contribution in [2.45, 2.75) is 82.1 Å². The summed E-state index contributed by atoms with van der Waals surface area (Å²) in [4.78, 5) is 2.53. The number of hydrogen-bond donors (Lipinski definition) is 0. The summed E-state index contributed by atoms with van der Waals surface area (Å²) in [5.41, 5.74) is 0. The van der Waals surface area contributed by atoms with E-state index in [0.29, 0.717) is 6.10 Å². The van der Waals surface area contributed by atoms with Crippen molar-refractivity contribution in [3.05, 3.63) is 0 Å². The summed E-state index contributed by atoms with van der Waals surface area (Å²) in [6.45, 7) is 4.51. The first-order valence-electron chi connectivity index (χ1n) is 9.79. The SMILES string of the molecule is ClC1CC(CC2CCCCC2)CCC1OCCN1CCCC1. The highest BCUT2D eigenvalue weighted by Gasteiger charge is 2.31. The summed E-state index contributed by atoms with van der Waals surface area (Å²) in [7, 11) is 0. The van der Waals surface area contributed by atoms with E-state index < -0.39 is 0 Å². The van der Waals surface area contributed by atoms with Crippen molar-refractivity contribution in [3.8, 4) is 0 Å². The van der Waals surface area contributed by atoms with Crippen LogP contribution < -0.4 is 0 Å². The topological polar surface area (TPSA) is 12.5 Å². The molecule has 1 aliphatic heterocycles. The van der Waals surface area contributed by atoms with Gasteiger partial charge in [-0.1, -0.05) is 32.1 Å². The predicted octanol–water partition coefficient (Wildman–Crippen LogP) is 4.85. The van der Waals surface area contributed by atoms with Gasteiger partial charge in [0.25, 0.3) is 0 Å². The average molecular weight is 328 g/mol. The number of likely N-dealkylation sites (tertiary alicyclic amines) is 1. The van der Waals surface area contributed by atoms with Gasteiger partial charge in [0.2, 0.25) is 0 Å². The Bertz CT molecular complexity index is 313. The molecule has 0 aromatic carbocycles. The first-order valence-corrected chi connectivity index (χ1v) is 10.2. The van der Waals surface area contributed by atoms with Crippen LogP contribution in [0.15, 0.2) is 0 Å². The van der Waals surface area contributed by atoms with Crippen molar-refractivity contribution in [2.75, 3.05) is 26.2 Å². The Morgan fingerprint density at radius 3 is 2.36 bits per heavy atom. The number of ether oxygens (including phenoxy) is 1. The Kier molecular flexibility index (Phi) is 6.89. The molecule has 0 aromatic heterocycles. The zero-order chi connectivity index (χ0) is 15.2. The standard InChI is InChI=1S/C19H34ClNO/c20-18-15-17(14-16-6-2-1-3-7-16)8-9-19(18)22-13-12-21-10-4-5-11-21/h16-19H,1-15H2. The Morgan fingerprint density at radius 2 is 1.64 bits per heavy atom. The van der Waals surface area contributed by atoms with E-state index in [9.17, 15) is 0 Å². The second-order valence-electron chi connectivity index (χ2n) is 7.89. The van der Waals surface area contributed by atoms with Crippen molar-refractivity contribution in [3.63, 3.8) is 0 Å². The number of rotatable bonds is 6. The third-order valence-corrected chi connectivity index (χ3v) is 6.61. The summed E-state index contributed by atoms with van der Waals surface area (Å²) >= 11 is 6.65. The summed E-state index contributed by atoms with van der Waals surface area (Å²) in [6, 6.07) is 0. The van der Waals surface area contributed by atoms with Gasteiger partial charge < -0.3 is 9.64 Å². The minimum absolute atomic E-state index is 0.251. The van der Waals surface area contributed by atoms with Gasteiger partial charge in [0.05, 0.1) is 18.1 Å². The van der Waals surface area contributed by atoms with Crippen LogP contribution in [0.3, 0.4) is 0 Å². The lowest BCUT2D eigenvalue weighted by atomic mass is 9.77. The number of nitrogens with zero attached hydrogens (tertiary/aromatic N) is 1. The van der Waals surface area contributed by atoms with Crippen LogP contribution in [0.2, 0.25) is 0 Å². The van der Waals surface area contributed by atoms with Crippen LogP contribution in [0, 0.1) is 11.8 Å². The van der Waals surface area contributed by atoms with Crippen molar-refractivity contribution in [1.82, 2.24) is 4.90 Å². The smallest absolute Gasteiger partial charge is 0.0739 e. The van der Waals surface area contributed by atoms with Gasteiger partial charge in [-0.15, -0.1) is 11.6 Å². The molecule has 3 unspecified atom stereocenters. The van der Waals surface area contributed by atoms with Crippen LogP contribution >= 0.6 is 11.6 Å². The Balaban J connectivity index is 1.32. The Hall–Kier alpha value is 0.210. The Morgan fingerprint density at radius 1 is 0.864 bits per heavy atom. The van der Waals surface area contributed by atoms with Crippen LogP contribution in [0.5, 0.6) is 0 Å². The highest BCUT2D eigenvalue weighted by atomic mass is 35.5.